The second-order valence-corrected chi connectivity index (χ2v) is 9.18. The molecule has 0 saturated heterocycles. The molecule has 3 aromatic heterocycles. The monoisotopic (exact) mass is 401 g/mol. The number of aromatic nitrogens is 1. The number of thiophene rings is 1. The summed E-state index contributed by atoms with van der Waals surface area (Å²) in [5, 5.41) is 10.3. The minimum Gasteiger partial charge on any atom is -0.357 e. The molecule has 0 bridgehead atoms. The molecular formula is C26H15N3S. The van der Waals surface area contributed by atoms with E-state index in [9.17, 15) is 0 Å². The van der Waals surface area contributed by atoms with Crippen LogP contribution in [0.25, 0.3) is 47.4 Å². The van der Waals surface area contributed by atoms with E-state index < -0.39 is 0 Å². The Labute approximate surface area is 175 Å². The molecule has 140 valence electrons. The zero-order valence-corrected chi connectivity index (χ0v) is 16.7. The summed E-state index contributed by atoms with van der Waals surface area (Å²) < 4.78 is 5.07. The minimum absolute atomic E-state index is 0.128. The number of aliphatic imine (C=N–C) groups is 1. The Morgan fingerprint density at radius 1 is 0.833 bits per heavy atom. The SMILES string of the molecule is C1=CC2=Nc3c(n4c5cc6sc7ccccc7c6cc5c5cccc3c54)NC2C=C1. The molecule has 0 spiro atoms. The van der Waals surface area contributed by atoms with Gasteiger partial charge in [0, 0.05) is 36.3 Å². The first-order valence-corrected chi connectivity index (χ1v) is 11.0. The molecule has 0 saturated carbocycles. The Balaban J connectivity index is 1.58. The molecule has 0 amide bonds. The maximum absolute atomic E-state index is 5.06. The second kappa shape index (κ2) is 5.10. The van der Waals surface area contributed by atoms with E-state index in [-0.39, 0.29) is 6.04 Å². The lowest BCUT2D eigenvalue weighted by Gasteiger charge is -2.23. The Morgan fingerprint density at radius 3 is 2.73 bits per heavy atom. The summed E-state index contributed by atoms with van der Waals surface area (Å²) in [7, 11) is 0. The molecule has 4 heteroatoms. The van der Waals surface area contributed by atoms with Crippen LogP contribution in [0.1, 0.15) is 0 Å². The van der Waals surface area contributed by atoms with Gasteiger partial charge in [0.25, 0.3) is 0 Å². The van der Waals surface area contributed by atoms with Crippen molar-refractivity contribution in [2.75, 3.05) is 5.32 Å². The molecule has 1 aliphatic heterocycles. The summed E-state index contributed by atoms with van der Waals surface area (Å²) in [6.07, 6.45) is 8.44. The molecular weight excluding hydrogens is 386 g/mol. The normalized spacial score (nSPS) is 17.9. The van der Waals surface area contributed by atoms with Gasteiger partial charge in [-0.15, -0.1) is 11.3 Å². The molecule has 1 aliphatic carbocycles. The maximum Gasteiger partial charge on any atom is 0.138 e. The first-order chi connectivity index (χ1) is 14.9. The third-order valence-corrected chi connectivity index (χ3v) is 7.66. The van der Waals surface area contributed by atoms with Crippen molar-refractivity contribution in [1.29, 1.82) is 0 Å². The smallest absolute Gasteiger partial charge is 0.138 e. The molecule has 0 fully saturated rings. The van der Waals surface area contributed by atoms with Gasteiger partial charge in [0.15, 0.2) is 0 Å². The molecule has 4 heterocycles. The lowest BCUT2D eigenvalue weighted by Crippen LogP contribution is -2.30. The van der Waals surface area contributed by atoms with E-state index in [1.807, 2.05) is 11.3 Å². The summed E-state index contributed by atoms with van der Waals surface area (Å²) in [5.41, 5.74) is 4.65. The van der Waals surface area contributed by atoms with Gasteiger partial charge < -0.3 is 5.32 Å². The fourth-order valence-electron chi connectivity index (χ4n) is 5.22. The molecule has 2 aliphatic rings. The number of nitrogens with one attached hydrogen (secondary N) is 1. The lowest BCUT2D eigenvalue weighted by molar-refractivity contribution is 1.09. The van der Waals surface area contributed by atoms with Crippen molar-refractivity contribution in [1.82, 2.24) is 4.40 Å². The topological polar surface area (TPSA) is 28.8 Å². The highest BCUT2D eigenvalue weighted by atomic mass is 32.1. The van der Waals surface area contributed by atoms with Gasteiger partial charge in [-0.05, 0) is 24.3 Å². The lowest BCUT2D eigenvalue weighted by atomic mass is 10.0. The van der Waals surface area contributed by atoms with E-state index in [2.05, 4.69) is 88.6 Å². The average Bonchev–Trinajstić information content (AvgIpc) is 3.42. The van der Waals surface area contributed by atoms with Crippen molar-refractivity contribution < 1.29 is 0 Å². The van der Waals surface area contributed by atoms with Crippen molar-refractivity contribution in [3.05, 3.63) is 78.9 Å². The third-order valence-electron chi connectivity index (χ3n) is 6.52. The molecule has 1 atom stereocenters. The van der Waals surface area contributed by atoms with E-state index in [0.717, 1.165) is 17.2 Å². The van der Waals surface area contributed by atoms with Crippen LogP contribution in [-0.2, 0) is 0 Å². The fourth-order valence-corrected chi connectivity index (χ4v) is 6.34. The average molecular weight is 401 g/mol. The van der Waals surface area contributed by atoms with Gasteiger partial charge in [-0.1, -0.05) is 54.6 Å². The van der Waals surface area contributed by atoms with E-state index in [1.54, 1.807) is 0 Å². The van der Waals surface area contributed by atoms with Crippen LogP contribution in [-0.4, -0.2) is 16.2 Å². The fraction of sp³-hybridized carbons (Fsp3) is 0.0385. The predicted octanol–water partition coefficient (Wildman–Crippen LogP) is 7.04. The van der Waals surface area contributed by atoms with E-state index in [1.165, 1.54) is 47.4 Å². The van der Waals surface area contributed by atoms with Crippen LogP contribution in [0.4, 0.5) is 11.5 Å². The Morgan fingerprint density at radius 2 is 1.73 bits per heavy atom. The van der Waals surface area contributed by atoms with Crippen molar-refractivity contribution in [3.63, 3.8) is 0 Å². The molecule has 3 aromatic carbocycles. The number of hydrogen-bond acceptors (Lipinski definition) is 3. The van der Waals surface area contributed by atoms with E-state index >= 15 is 0 Å². The van der Waals surface area contributed by atoms with Crippen LogP contribution in [0, 0.1) is 0 Å². The Bertz CT molecular complexity index is 1780. The van der Waals surface area contributed by atoms with Gasteiger partial charge in [-0.2, -0.15) is 0 Å². The van der Waals surface area contributed by atoms with Crippen molar-refractivity contribution >= 4 is 75.9 Å². The van der Waals surface area contributed by atoms with E-state index in [0.29, 0.717) is 0 Å². The second-order valence-electron chi connectivity index (χ2n) is 8.10. The number of fused-ring (bicyclic) bond motifs is 10. The number of rotatable bonds is 0. The zero-order chi connectivity index (χ0) is 19.4. The van der Waals surface area contributed by atoms with Crippen molar-refractivity contribution in [3.8, 4) is 0 Å². The summed E-state index contributed by atoms with van der Waals surface area (Å²) in [4.78, 5) is 5.06. The number of benzene rings is 3. The molecule has 1 unspecified atom stereocenters. The van der Waals surface area contributed by atoms with Gasteiger partial charge in [-0.25, -0.2) is 4.99 Å². The van der Waals surface area contributed by atoms with Gasteiger partial charge >= 0.3 is 0 Å². The number of para-hydroxylation sites is 1. The largest absolute Gasteiger partial charge is 0.357 e. The molecule has 8 rings (SSSR count). The number of allylic oxidation sites excluding steroid dienone is 2. The highest BCUT2D eigenvalue weighted by molar-refractivity contribution is 7.25. The number of anilines is 1. The van der Waals surface area contributed by atoms with Crippen molar-refractivity contribution in [2.24, 2.45) is 4.99 Å². The van der Waals surface area contributed by atoms with Gasteiger partial charge in [0.05, 0.1) is 22.8 Å². The minimum atomic E-state index is 0.128. The summed E-state index contributed by atoms with van der Waals surface area (Å²) in [6.45, 7) is 0. The predicted molar refractivity (Wildman–Crippen MR) is 129 cm³/mol. The Kier molecular flexibility index (Phi) is 2.59. The summed E-state index contributed by atoms with van der Waals surface area (Å²) in [5.74, 6) is 1.10. The maximum atomic E-state index is 5.06. The first-order valence-electron chi connectivity index (χ1n) is 10.2. The third kappa shape index (κ3) is 1.70. The van der Waals surface area contributed by atoms with Gasteiger partial charge in [-0.3, -0.25) is 4.40 Å². The van der Waals surface area contributed by atoms with E-state index in [4.69, 9.17) is 4.99 Å². The standard InChI is InChI=1S/C26H15N3S/c1-4-11-22-14(6-1)18-12-17-15-7-5-8-16-24-26(28-20-10-3-2-9-19(20)27-24)29(25(15)16)21(17)13-23(18)30-22/h1-13,20,28H. The van der Waals surface area contributed by atoms with Gasteiger partial charge in [0.2, 0.25) is 0 Å². The van der Waals surface area contributed by atoms with Crippen LogP contribution < -0.4 is 5.32 Å². The van der Waals surface area contributed by atoms with Gasteiger partial charge in [0.1, 0.15) is 11.5 Å². The zero-order valence-electron chi connectivity index (χ0n) is 15.9. The van der Waals surface area contributed by atoms with Crippen LogP contribution in [0.15, 0.2) is 83.9 Å². The highest BCUT2D eigenvalue weighted by Gasteiger charge is 2.28. The number of nitrogens with zero attached hydrogens (tertiary/aromatic N) is 2. The quantitative estimate of drug-likeness (QED) is 0.290. The summed E-state index contributed by atoms with van der Waals surface area (Å²) in [6, 6.07) is 20.2. The first kappa shape index (κ1) is 15.2. The molecule has 30 heavy (non-hydrogen) atoms. The Hall–Kier alpha value is -3.63. The summed E-state index contributed by atoms with van der Waals surface area (Å²) >= 11 is 1.87. The molecule has 3 nitrogen and oxygen atoms in total. The van der Waals surface area contributed by atoms with Crippen LogP contribution in [0.2, 0.25) is 0 Å². The van der Waals surface area contributed by atoms with Crippen LogP contribution >= 0.6 is 11.3 Å². The molecule has 0 radical (unpaired) electrons. The van der Waals surface area contributed by atoms with Crippen molar-refractivity contribution in [2.45, 2.75) is 6.04 Å². The molecule has 1 N–H and O–H groups in total. The highest BCUT2D eigenvalue weighted by Crippen LogP contribution is 2.48. The van der Waals surface area contributed by atoms with Crippen LogP contribution in [0.3, 0.4) is 0 Å². The van der Waals surface area contributed by atoms with Crippen LogP contribution in [0.5, 0.6) is 0 Å². The number of hydrogen-bond donors (Lipinski definition) is 1. The molecule has 6 aromatic rings.